The zero-order chi connectivity index (χ0) is 29.7. The van der Waals surface area contributed by atoms with E-state index >= 15 is 0 Å². The molecule has 2 fully saturated rings. The van der Waals surface area contributed by atoms with Crippen LogP contribution in [0, 0.1) is 20.2 Å². The van der Waals surface area contributed by atoms with Crippen LogP contribution in [0.1, 0.15) is 24.5 Å². The topological polar surface area (TPSA) is 166 Å². The molecule has 3 atom stereocenters. The summed E-state index contributed by atoms with van der Waals surface area (Å²) in [6.45, 7) is 2.57. The number of benzene rings is 2. The maximum Gasteiger partial charge on any atom is 0.410 e. The zero-order valence-electron chi connectivity index (χ0n) is 22.2. The average molecular weight is 588 g/mol. The molecule has 14 nitrogen and oxygen atoms in total. The predicted molar refractivity (Wildman–Crippen MR) is 147 cm³/mol. The number of ether oxygens (including phenoxy) is 2. The average Bonchev–Trinajstić information content (AvgIpc) is 3.36. The van der Waals surface area contributed by atoms with Crippen molar-refractivity contribution in [1.29, 1.82) is 0 Å². The van der Waals surface area contributed by atoms with Crippen molar-refractivity contribution < 1.29 is 33.7 Å². The molecule has 0 aliphatic carbocycles. The molecule has 0 N–H and O–H groups in total. The van der Waals surface area contributed by atoms with E-state index in [9.17, 15) is 34.6 Å². The number of nitro benzene ring substituents is 2. The molecule has 0 bridgehead atoms. The summed E-state index contributed by atoms with van der Waals surface area (Å²) in [6, 6.07) is 10.2. The van der Waals surface area contributed by atoms with Gasteiger partial charge in [-0.05, 0) is 48.7 Å². The van der Waals surface area contributed by atoms with Crippen molar-refractivity contribution in [3.8, 4) is 0 Å². The van der Waals surface area contributed by atoms with Gasteiger partial charge in [-0.15, -0.1) is 0 Å². The molecular weight excluding hydrogens is 558 g/mol. The van der Waals surface area contributed by atoms with Gasteiger partial charge in [-0.3, -0.25) is 29.9 Å². The normalized spacial score (nSPS) is 20.4. The van der Waals surface area contributed by atoms with Crippen molar-refractivity contribution in [1.82, 2.24) is 14.7 Å². The first-order valence-corrected chi connectivity index (χ1v) is 13.4. The summed E-state index contributed by atoms with van der Waals surface area (Å²) in [5.74, 6) is -0.264. The van der Waals surface area contributed by atoms with Crippen molar-refractivity contribution >= 4 is 42.1 Å². The van der Waals surface area contributed by atoms with Gasteiger partial charge in [-0.2, -0.15) is 12.6 Å². The van der Waals surface area contributed by atoms with Crippen LogP contribution in [0.5, 0.6) is 0 Å². The number of carbonyl (C=O) groups is 3. The molecular formula is C26H29N5O9S. The lowest BCUT2D eigenvalue weighted by Gasteiger charge is -2.41. The minimum atomic E-state index is -0.773. The molecule has 0 radical (unpaired) electrons. The lowest BCUT2D eigenvalue weighted by atomic mass is 10.1. The molecule has 0 unspecified atom stereocenters. The Morgan fingerprint density at radius 2 is 1.34 bits per heavy atom. The SMILES string of the molecule is C[C@H]1CN(C(=O)OCc2ccc([N+](=O)[O-])cc2)CCN1C(=O)[C@@H]1C[C@H](S)CN1C(=O)OCc1ccc([N+](=O)[O-])cc1. The summed E-state index contributed by atoms with van der Waals surface area (Å²) < 4.78 is 10.8. The van der Waals surface area contributed by atoms with Crippen LogP contribution in [-0.4, -0.2) is 86.2 Å². The fourth-order valence-electron chi connectivity index (χ4n) is 4.78. The molecule has 41 heavy (non-hydrogen) atoms. The maximum atomic E-state index is 13.5. The van der Waals surface area contributed by atoms with Crippen molar-refractivity contribution in [3.63, 3.8) is 0 Å². The van der Waals surface area contributed by atoms with Crippen LogP contribution in [0.15, 0.2) is 48.5 Å². The van der Waals surface area contributed by atoms with Gasteiger partial charge >= 0.3 is 12.2 Å². The van der Waals surface area contributed by atoms with Crippen LogP contribution in [0.4, 0.5) is 21.0 Å². The molecule has 218 valence electrons. The predicted octanol–water partition coefficient (Wildman–Crippen LogP) is 3.38. The zero-order valence-corrected chi connectivity index (χ0v) is 23.1. The molecule has 2 aliphatic rings. The van der Waals surface area contributed by atoms with Gasteiger partial charge in [0.25, 0.3) is 11.4 Å². The summed E-state index contributed by atoms with van der Waals surface area (Å²) in [5.41, 5.74) is 1.04. The first-order chi connectivity index (χ1) is 19.5. The Morgan fingerprint density at radius 1 is 0.829 bits per heavy atom. The van der Waals surface area contributed by atoms with Crippen molar-refractivity contribution in [3.05, 3.63) is 79.9 Å². The second-order valence-corrected chi connectivity index (χ2v) is 10.6. The quantitative estimate of drug-likeness (QED) is 0.290. The van der Waals surface area contributed by atoms with E-state index in [2.05, 4.69) is 12.6 Å². The number of nitrogens with zero attached hydrogens (tertiary/aromatic N) is 5. The highest BCUT2D eigenvalue weighted by Crippen LogP contribution is 2.26. The minimum absolute atomic E-state index is 0.0489. The fourth-order valence-corrected chi connectivity index (χ4v) is 5.16. The number of likely N-dealkylation sites (tertiary alicyclic amines) is 1. The van der Waals surface area contributed by atoms with Crippen LogP contribution in [-0.2, 0) is 27.5 Å². The van der Waals surface area contributed by atoms with Gasteiger partial charge in [-0.1, -0.05) is 0 Å². The van der Waals surface area contributed by atoms with Crippen LogP contribution < -0.4 is 0 Å². The highest BCUT2D eigenvalue weighted by atomic mass is 32.1. The Morgan fingerprint density at radius 3 is 1.83 bits per heavy atom. The summed E-state index contributed by atoms with van der Waals surface area (Å²) in [5, 5.41) is 21.4. The minimum Gasteiger partial charge on any atom is -0.445 e. The van der Waals surface area contributed by atoms with E-state index in [0.717, 1.165) is 0 Å². The molecule has 2 aromatic carbocycles. The third kappa shape index (κ3) is 7.22. The Balaban J connectivity index is 1.29. The van der Waals surface area contributed by atoms with Crippen LogP contribution in [0.25, 0.3) is 0 Å². The number of non-ortho nitro benzene ring substituents is 2. The molecule has 0 spiro atoms. The highest BCUT2D eigenvalue weighted by molar-refractivity contribution is 7.81. The number of carbonyl (C=O) groups excluding carboxylic acids is 3. The van der Waals surface area contributed by atoms with Crippen LogP contribution >= 0.6 is 12.6 Å². The van der Waals surface area contributed by atoms with Crippen LogP contribution in [0.3, 0.4) is 0 Å². The number of rotatable bonds is 7. The lowest BCUT2D eigenvalue weighted by molar-refractivity contribution is -0.385. The summed E-state index contributed by atoms with van der Waals surface area (Å²) in [6.07, 6.45) is -0.895. The first kappa shape index (κ1) is 29.6. The molecule has 3 amide bonds. The number of thiol groups is 1. The lowest BCUT2D eigenvalue weighted by Crippen LogP contribution is -2.59. The number of piperazine rings is 1. The van der Waals surface area contributed by atoms with Crippen molar-refractivity contribution in [2.45, 2.75) is 43.9 Å². The van der Waals surface area contributed by atoms with Crippen LogP contribution in [0.2, 0.25) is 0 Å². The Hall–Kier alpha value is -4.40. The van der Waals surface area contributed by atoms with E-state index in [-0.39, 0.29) is 68.0 Å². The number of hydrogen-bond donors (Lipinski definition) is 1. The molecule has 2 aliphatic heterocycles. The molecule has 2 heterocycles. The third-order valence-electron chi connectivity index (χ3n) is 6.99. The van der Waals surface area contributed by atoms with Gasteiger partial charge in [-0.25, -0.2) is 9.59 Å². The number of nitro groups is 2. The Kier molecular flexibility index (Phi) is 9.27. The van der Waals surface area contributed by atoms with Gasteiger partial charge in [0.1, 0.15) is 19.3 Å². The summed E-state index contributed by atoms with van der Waals surface area (Å²) >= 11 is 4.48. The Labute approximate surface area is 240 Å². The molecule has 0 saturated carbocycles. The van der Waals surface area contributed by atoms with E-state index in [4.69, 9.17) is 9.47 Å². The monoisotopic (exact) mass is 587 g/mol. The second-order valence-electron chi connectivity index (χ2n) is 9.84. The molecule has 4 rings (SSSR count). The van der Waals surface area contributed by atoms with Gasteiger partial charge in [0.2, 0.25) is 5.91 Å². The standard InChI is InChI=1S/C26H29N5O9S/c1-17-13-27(25(33)39-15-18-2-6-20(7-3-18)30(35)36)10-11-28(17)24(32)23-12-22(41)14-29(23)26(34)40-16-19-4-8-21(9-5-19)31(37)38/h2-9,17,22-23,41H,10-16H2,1H3/t17-,22-,23-/m0/s1. The van der Waals surface area contributed by atoms with E-state index in [1.165, 1.54) is 58.3 Å². The van der Waals surface area contributed by atoms with Gasteiger partial charge in [0, 0.05) is 61.7 Å². The van der Waals surface area contributed by atoms with E-state index in [1.54, 1.807) is 11.8 Å². The molecule has 2 aromatic rings. The number of amides is 3. The molecule has 2 saturated heterocycles. The molecule has 15 heteroatoms. The second kappa shape index (κ2) is 12.8. The van der Waals surface area contributed by atoms with Gasteiger partial charge < -0.3 is 19.3 Å². The fraction of sp³-hybridized carbons (Fsp3) is 0.423. The van der Waals surface area contributed by atoms with Gasteiger partial charge in [0.15, 0.2) is 0 Å². The van der Waals surface area contributed by atoms with Crippen molar-refractivity contribution in [2.24, 2.45) is 0 Å². The Bertz CT molecular complexity index is 1310. The molecule has 0 aromatic heterocycles. The third-order valence-corrected chi connectivity index (χ3v) is 7.36. The highest BCUT2D eigenvalue weighted by Gasteiger charge is 2.43. The maximum absolute atomic E-state index is 13.5. The van der Waals surface area contributed by atoms with Gasteiger partial charge in [0.05, 0.1) is 9.85 Å². The van der Waals surface area contributed by atoms with E-state index in [1.807, 2.05) is 0 Å². The summed E-state index contributed by atoms with van der Waals surface area (Å²) in [7, 11) is 0. The van der Waals surface area contributed by atoms with E-state index < -0.39 is 28.1 Å². The summed E-state index contributed by atoms with van der Waals surface area (Å²) in [4.78, 5) is 64.1. The largest absolute Gasteiger partial charge is 0.445 e. The smallest absolute Gasteiger partial charge is 0.410 e. The van der Waals surface area contributed by atoms with E-state index in [0.29, 0.717) is 17.5 Å². The number of hydrogen-bond acceptors (Lipinski definition) is 10. The first-order valence-electron chi connectivity index (χ1n) is 12.8. The van der Waals surface area contributed by atoms with Crippen molar-refractivity contribution in [2.75, 3.05) is 26.2 Å².